The zero-order valence-corrected chi connectivity index (χ0v) is 24.7. The number of carbonyl (C=O) groups excluding carboxylic acids is 3. The summed E-state index contributed by atoms with van der Waals surface area (Å²) in [7, 11) is 1.68. The summed E-state index contributed by atoms with van der Waals surface area (Å²) in [6, 6.07) is 18.0. The summed E-state index contributed by atoms with van der Waals surface area (Å²) >= 11 is 0. The van der Waals surface area contributed by atoms with Crippen LogP contribution in [-0.2, 0) is 30.3 Å². The van der Waals surface area contributed by atoms with E-state index < -0.39 is 5.97 Å². The van der Waals surface area contributed by atoms with Gasteiger partial charge in [0.15, 0.2) is 0 Å². The first-order chi connectivity index (χ1) is 18.8. The molecule has 0 aliphatic carbocycles. The third-order valence-electron chi connectivity index (χ3n) is 5.28. The van der Waals surface area contributed by atoms with Crippen LogP contribution in [-0.4, -0.2) is 48.8 Å². The molecule has 0 aromatic heterocycles. The Labute approximate surface area is 235 Å². The number of hydrogen-bond donors (Lipinski definition) is 2. The lowest BCUT2D eigenvalue weighted by atomic mass is 9.98. The normalized spacial score (nSPS) is 10.2. The minimum Gasteiger partial charge on any atom is -0.481 e. The van der Waals surface area contributed by atoms with Gasteiger partial charge in [0.25, 0.3) is 0 Å². The zero-order valence-electron chi connectivity index (χ0n) is 24.7. The molecule has 218 valence electrons. The van der Waals surface area contributed by atoms with Crippen molar-refractivity contribution in [2.75, 3.05) is 13.7 Å². The fourth-order valence-electron chi connectivity index (χ4n) is 3.19. The number of methoxy groups -OCH3 is 1. The van der Waals surface area contributed by atoms with Gasteiger partial charge in [-0.3, -0.25) is 9.59 Å². The summed E-state index contributed by atoms with van der Waals surface area (Å²) in [4.78, 5) is 43.3. The molecule has 0 spiro atoms. The Hall–Kier alpha value is -3.32. The van der Waals surface area contributed by atoms with Crippen molar-refractivity contribution in [2.45, 2.75) is 92.0 Å². The van der Waals surface area contributed by atoms with E-state index in [2.05, 4.69) is 17.0 Å². The van der Waals surface area contributed by atoms with Crippen molar-refractivity contribution in [3.05, 3.63) is 60.2 Å². The Balaban J connectivity index is 0. The Morgan fingerprint density at radius 2 is 1.49 bits per heavy atom. The highest BCUT2D eigenvalue weighted by Crippen LogP contribution is 2.20. The van der Waals surface area contributed by atoms with E-state index in [4.69, 9.17) is 5.11 Å². The molecule has 1 unspecified atom stereocenters. The highest BCUT2D eigenvalue weighted by molar-refractivity contribution is 5.80. The van der Waals surface area contributed by atoms with E-state index in [1.54, 1.807) is 14.0 Å². The minimum atomic E-state index is -0.999. The van der Waals surface area contributed by atoms with Crippen LogP contribution in [0.4, 0.5) is 0 Å². The van der Waals surface area contributed by atoms with Crippen LogP contribution in [0.3, 0.4) is 0 Å². The highest BCUT2D eigenvalue weighted by atomic mass is 16.5. The van der Waals surface area contributed by atoms with Gasteiger partial charge in [0.1, 0.15) is 12.1 Å². The number of aldehydes is 1. The molecule has 1 amide bonds. The molecule has 0 radical (unpaired) electrons. The fourth-order valence-corrected chi connectivity index (χ4v) is 3.19. The number of benzene rings is 2. The van der Waals surface area contributed by atoms with E-state index in [1.807, 2.05) is 75.4 Å². The van der Waals surface area contributed by atoms with E-state index in [9.17, 15) is 19.2 Å². The number of ether oxygens (including phenoxy) is 1. The Morgan fingerprint density at radius 1 is 0.923 bits per heavy atom. The molecule has 7 heteroatoms. The van der Waals surface area contributed by atoms with Gasteiger partial charge in [-0.25, -0.2) is 0 Å². The number of Topliss-reactive ketones (excluding diaryl/α,β-unsaturated/α-hetero) is 1. The summed E-state index contributed by atoms with van der Waals surface area (Å²) < 4.78 is 4.54. The van der Waals surface area contributed by atoms with E-state index in [0.29, 0.717) is 25.0 Å². The Kier molecular flexibility index (Phi) is 25.5. The van der Waals surface area contributed by atoms with Crippen molar-refractivity contribution < 1.29 is 29.0 Å². The topological polar surface area (TPSA) is 110 Å². The second-order valence-electron chi connectivity index (χ2n) is 8.55. The van der Waals surface area contributed by atoms with Crippen molar-refractivity contribution in [2.24, 2.45) is 0 Å². The van der Waals surface area contributed by atoms with Gasteiger partial charge >= 0.3 is 5.97 Å². The number of carboxylic acid groups (broad SMARTS) is 1. The molecule has 1 atom stereocenters. The smallest absolute Gasteiger partial charge is 0.303 e. The zero-order chi connectivity index (χ0) is 29.9. The molecule has 7 nitrogen and oxygen atoms in total. The van der Waals surface area contributed by atoms with Gasteiger partial charge in [-0.2, -0.15) is 0 Å². The second-order valence-corrected chi connectivity index (χ2v) is 8.55. The van der Waals surface area contributed by atoms with Gasteiger partial charge in [0.2, 0.25) is 5.91 Å². The number of carboxylic acids is 1. The van der Waals surface area contributed by atoms with Gasteiger partial charge in [0, 0.05) is 39.0 Å². The van der Waals surface area contributed by atoms with Crippen LogP contribution in [0.15, 0.2) is 54.6 Å². The van der Waals surface area contributed by atoms with Crippen molar-refractivity contribution in [3.8, 4) is 11.1 Å². The van der Waals surface area contributed by atoms with Crippen LogP contribution in [0.5, 0.6) is 0 Å². The maximum Gasteiger partial charge on any atom is 0.303 e. The second kappa shape index (κ2) is 26.3. The number of hydrogen-bond acceptors (Lipinski definition) is 5. The predicted octanol–water partition coefficient (Wildman–Crippen LogP) is 6.67. The Morgan fingerprint density at radius 3 is 1.92 bits per heavy atom. The first-order valence-electron chi connectivity index (χ1n) is 13.8. The van der Waals surface area contributed by atoms with Crippen LogP contribution in [0.2, 0.25) is 0 Å². The molecule has 2 N–H and O–H groups in total. The van der Waals surface area contributed by atoms with Crippen LogP contribution >= 0.6 is 0 Å². The highest BCUT2D eigenvalue weighted by Gasteiger charge is 2.14. The van der Waals surface area contributed by atoms with Crippen molar-refractivity contribution >= 4 is 23.9 Å². The predicted molar refractivity (Wildman–Crippen MR) is 159 cm³/mol. The molecule has 2 rings (SSSR count). The molecule has 39 heavy (non-hydrogen) atoms. The van der Waals surface area contributed by atoms with Gasteiger partial charge in [0.05, 0.1) is 6.42 Å². The van der Waals surface area contributed by atoms with Gasteiger partial charge in [-0.1, -0.05) is 81.8 Å². The SMILES string of the molecule is CC.CCCCC(C)=O.CCOC.O=CCCC(Cc1ccc(-c2ccccc2)cc1)NC(=O)CCC(=O)O. The molecule has 2 aromatic rings. The number of amides is 1. The summed E-state index contributed by atoms with van der Waals surface area (Å²) in [6.07, 6.45) is 4.99. The number of unbranched alkanes of at least 4 members (excludes halogenated alkanes) is 1. The molecule has 0 aliphatic rings. The van der Waals surface area contributed by atoms with E-state index in [-0.39, 0.29) is 24.8 Å². The van der Waals surface area contributed by atoms with E-state index in [0.717, 1.165) is 48.8 Å². The number of carbonyl (C=O) groups is 4. The molecule has 0 fully saturated rings. The van der Waals surface area contributed by atoms with Crippen LogP contribution in [0.1, 0.15) is 85.1 Å². The van der Waals surface area contributed by atoms with Gasteiger partial charge in [-0.15, -0.1) is 0 Å². The Bertz CT molecular complexity index is 895. The largest absolute Gasteiger partial charge is 0.481 e. The average molecular weight is 544 g/mol. The molecule has 0 heterocycles. The summed E-state index contributed by atoms with van der Waals surface area (Å²) in [6.45, 7) is 10.5. The third-order valence-corrected chi connectivity index (χ3v) is 5.28. The van der Waals surface area contributed by atoms with Crippen molar-refractivity contribution in [1.82, 2.24) is 5.32 Å². The maximum absolute atomic E-state index is 11.9. The van der Waals surface area contributed by atoms with Crippen LogP contribution in [0.25, 0.3) is 11.1 Å². The lowest BCUT2D eigenvalue weighted by Crippen LogP contribution is -2.36. The summed E-state index contributed by atoms with van der Waals surface area (Å²) in [5.74, 6) is -0.993. The average Bonchev–Trinajstić information content (AvgIpc) is 2.96. The third kappa shape index (κ3) is 22.4. The molecule has 0 saturated heterocycles. The number of rotatable bonds is 14. The van der Waals surface area contributed by atoms with Gasteiger partial charge in [-0.05, 0) is 49.8 Å². The first kappa shape index (κ1) is 37.8. The van der Waals surface area contributed by atoms with Gasteiger partial charge < -0.3 is 24.7 Å². The monoisotopic (exact) mass is 543 g/mol. The lowest BCUT2D eigenvalue weighted by Gasteiger charge is -2.18. The molecule has 2 aromatic carbocycles. The molecule has 0 aliphatic heterocycles. The number of nitrogens with one attached hydrogen (secondary N) is 1. The standard InChI is InChI=1S/C21H23NO4.C6H12O.C3H8O.C2H6/c23-14-4-7-19(22-20(24)12-13-21(25)26)15-16-8-10-18(11-9-16)17-5-2-1-3-6-17;1-3-4-5-6(2)7;1-3-4-2;1-2/h1-3,5-6,8-11,14,19H,4,7,12-13,15H2,(H,22,24)(H,25,26);3-5H2,1-2H3;3H2,1-2H3;1-2H3. The van der Waals surface area contributed by atoms with Crippen LogP contribution < -0.4 is 5.32 Å². The lowest BCUT2D eigenvalue weighted by molar-refractivity contribution is -0.139. The molecular weight excluding hydrogens is 494 g/mol. The molecular formula is C32H49NO6. The van der Waals surface area contributed by atoms with E-state index >= 15 is 0 Å². The van der Waals surface area contributed by atoms with Crippen molar-refractivity contribution in [3.63, 3.8) is 0 Å². The molecule has 0 saturated carbocycles. The summed E-state index contributed by atoms with van der Waals surface area (Å²) in [5, 5.41) is 11.5. The van der Waals surface area contributed by atoms with E-state index in [1.165, 1.54) is 0 Å². The number of ketones is 1. The molecule has 0 bridgehead atoms. The maximum atomic E-state index is 11.9. The van der Waals surface area contributed by atoms with Crippen LogP contribution in [0, 0.1) is 0 Å². The summed E-state index contributed by atoms with van der Waals surface area (Å²) in [5.41, 5.74) is 3.31. The first-order valence-corrected chi connectivity index (χ1v) is 13.8. The quantitative estimate of drug-likeness (QED) is 0.258. The minimum absolute atomic E-state index is 0.0557. The fraction of sp³-hybridized carbons (Fsp3) is 0.500. The number of aliphatic carboxylic acids is 1. The van der Waals surface area contributed by atoms with Crippen molar-refractivity contribution in [1.29, 1.82) is 0 Å².